The van der Waals surface area contributed by atoms with Gasteiger partial charge in [0.2, 0.25) is 0 Å². The molecule has 0 aliphatic carbocycles. The number of hydrogen-bond donors (Lipinski definition) is 1. The Hall–Kier alpha value is -1.26. The van der Waals surface area contributed by atoms with Crippen molar-refractivity contribution in [1.29, 1.82) is 0 Å². The summed E-state index contributed by atoms with van der Waals surface area (Å²) in [6.07, 6.45) is 5.67. The molecule has 0 aromatic carbocycles. The van der Waals surface area contributed by atoms with Crippen molar-refractivity contribution >= 4 is 12.1 Å². The minimum atomic E-state index is -0.701. The zero-order valence-electron chi connectivity index (χ0n) is 14.9. The van der Waals surface area contributed by atoms with E-state index in [4.69, 9.17) is 9.47 Å². The molecule has 0 fully saturated rings. The molecule has 0 aromatic rings. The van der Waals surface area contributed by atoms with Gasteiger partial charge in [0.05, 0.1) is 13.2 Å². The summed E-state index contributed by atoms with van der Waals surface area (Å²) in [5.41, 5.74) is -0.426. The van der Waals surface area contributed by atoms with Crippen LogP contribution in [0, 0.1) is 5.41 Å². The number of carbonyl (C=O) groups is 2. The predicted molar refractivity (Wildman–Crippen MR) is 87.7 cm³/mol. The maximum absolute atomic E-state index is 12.2. The summed E-state index contributed by atoms with van der Waals surface area (Å²) in [6, 6.07) is -0.701. The summed E-state index contributed by atoms with van der Waals surface area (Å²) in [5.74, 6) is -0.392. The highest BCUT2D eigenvalue weighted by molar-refractivity contribution is 5.82. The molecule has 0 bridgehead atoms. The van der Waals surface area contributed by atoms with E-state index in [1.807, 2.05) is 27.7 Å². The molecule has 0 radical (unpaired) electrons. The van der Waals surface area contributed by atoms with Crippen molar-refractivity contribution in [2.75, 3.05) is 13.2 Å². The lowest BCUT2D eigenvalue weighted by atomic mass is 9.87. The maximum Gasteiger partial charge on any atom is 0.407 e. The lowest BCUT2D eigenvalue weighted by Gasteiger charge is -2.29. The molecule has 1 N–H and O–H groups in total. The molecule has 0 heterocycles. The van der Waals surface area contributed by atoms with Crippen molar-refractivity contribution in [1.82, 2.24) is 5.32 Å². The third-order valence-electron chi connectivity index (χ3n) is 3.29. The van der Waals surface area contributed by atoms with Crippen molar-refractivity contribution in [3.63, 3.8) is 0 Å². The molecular formula is C17H33NO4. The zero-order chi connectivity index (χ0) is 17.0. The second kappa shape index (κ2) is 11.3. The molecule has 0 saturated carbocycles. The summed E-state index contributed by atoms with van der Waals surface area (Å²) in [4.78, 5) is 23.9. The molecule has 1 atom stereocenters. The van der Waals surface area contributed by atoms with Crippen LogP contribution < -0.4 is 5.32 Å². The van der Waals surface area contributed by atoms with Gasteiger partial charge >= 0.3 is 12.1 Å². The Bertz CT molecular complexity index is 323. The van der Waals surface area contributed by atoms with E-state index in [9.17, 15) is 9.59 Å². The van der Waals surface area contributed by atoms with Gasteiger partial charge in [-0.15, -0.1) is 0 Å². The summed E-state index contributed by atoms with van der Waals surface area (Å²) in [6.45, 7) is 10.5. The predicted octanol–water partition coefficient (Wildman–Crippen LogP) is 4.05. The molecule has 0 aliphatic heterocycles. The Morgan fingerprint density at radius 3 is 2.09 bits per heavy atom. The molecule has 22 heavy (non-hydrogen) atoms. The molecule has 1 unspecified atom stereocenters. The van der Waals surface area contributed by atoms with E-state index in [1.54, 1.807) is 0 Å². The molecule has 5 nitrogen and oxygen atoms in total. The van der Waals surface area contributed by atoms with Crippen LogP contribution in [0.25, 0.3) is 0 Å². The zero-order valence-corrected chi connectivity index (χ0v) is 14.9. The van der Waals surface area contributed by atoms with E-state index >= 15 is 0 Å². The molecule has 5 heteroatoms. The highest BCUT2D eigenvalue weighted by Crippen LogP contribution is 2.20. The Morgan fingerprint density at radius 1 is 0.909 bits per heavy atom. The number of hydrogen-bond acceptors (Lipinski definition) is 4. The quantitative estimate of drug-likeness (QED) is 0.488. The fourth-order valence-corrected chi connectivity index (χ4v) is 1.94. The Balaban J connectivity index is 4.27. The fraction of sp³-hybridized carbons (Fsp3) is 0.882. The third kappa shape index (κ3) is 9.64. The third-order valence-corrected chi connectivity index (χ3v) is 3.29. The summed E-state index contributed by atoms with van der Waals surface area (Å²) in [7, 11) is 0. The minimum absolute atomic E-state index is 0.342. The van der Waals surface area contributed by atoms with Crippen LogP contribution in [0.1, 0.15) is 73.1 Å². The number of unbranched alkanes of at least 4 members (excludes halogenated alkanes) is 4. The van der Waals surface area contributed by atoms with E-state index < -0.39 is 23.5 Å². The summed E-state index contributed by atoms with van der Waals surface area (Å²) >= 11 is 0. The van der Waals surface area contributed by atoms with Crippen LogP contribution in [0.5, 0.6) is 0 Å². The van der Waals surface area contributed by atoms with E-state index in [0.717, 1.165) is 19.3 Å². The Kier molecular flexibility index (Phi) is 10.7. The average Bonchev–Trinajstić information content (AvgIpc) is 2.44. The molecule has 1 amide bonds. The van der Waals surface area contributed by atoms with E-state index in [2.05, 4.69) is 12.2 Å². The van der Waals surface area contributed by atoms with Gasteiger partial charge in [0.25, 0.3) is 0 Å². The molecule has 130 valence electrons. The largest absolute Gasteiger partial charge is 0.464 e. The topological polar surface area (TPSA) is 64.6 Å². The van der Waals surface area contributed by atoms with Gasteiger partial charge in [-0.25, -0.2) is 9.59 Å². The maximum atomic E-state index is 12.2. The van der Waals surface area contributed by atoms with E-state index in [1.165, 1.54) is 19.3 Å². The van der Waals surface area contributed by atoms with Crippen molar-refractivity contribution < 1.29 is 19.1 Å². The van der Waals surface area contributed by atoms with Gasteiger partial charge in [-0.1, -0.05) is 60.3 Å². The van der Waals surface area contributed by atoms with Crippen LogP contribution in [-0.4, -0.2) is 31.3 Å². The number of nitrogens with one attached hydrogen (secondary N) is 1. The molecule has 0 saturated heterocycles. The molecular weight excluding hydrogens is 282 g/mol. The van der Waals surface area contributed by atoms with E-state index in [-0.39, 0.29) is 0 Å². The van der Waals surface area contributed by atoms with Crippen molar-refractivity contribution in [2.24, 2.45) is 5.41 Å². The lowest BCUT2D eigenvalue weighted by molar-refractivity contribution is -0.149. The first-order valence-electron chi connectivity index (χ1n) is 8.42. The van der Waals surface area contributed by atoms with E-state index in [0.29, 0.717) is 13.2 Å². The van der Waals surface area contributed by atoms with Gasteiger partial charge < -0.3 is 14.8 Å². The van der Waals surface area contributed by atoms with Crippen LogP contribution in [-0.2, 0) is 14.3 Å². The molecule has 0 spiro atoms. The number of esters is 1. The Labute approximate surface area is 135 Å². The number of carbonyl (C=O) groups excluding carboxylic acids is 2. The smallest absolute Gasteiger partial charge is 0.407 e. The molecule has 0 rings (SSSR count). The first-order valence-corrected chi connectivity index (χ1v) is 8.42. The van der Waals surface area contributed by atoms with Crippen LogP contribution in [0.2, 0.25) is 0 Å². The summed E-state index contributed by atoms with van der Waals surface area (Å²) < 4.78 is 10.3. The summed E-state index contributed by atoms with van der Waals surface area (Å²) in [5, 5.41) is 2.62. The highest BCUT2D eigenvalue weighted by atomic mass is 16.6. The normalized spacial score (nSPS) is 12.6. The van der Waals surface area contributed by atoms with Gasteiger partial charge in [0.1, 0.15) is 6.04 Å². The number of ether oxygens (including phenoxy) is 2. The number of amides is 1. The first-order chi connectivity index (χ1) is 10.3. The minimum Gasteiger partial charge on any atom is -0.464 e. The fourth-order valence-electron chi connectivity index (χ4n) is 1.94. The van der Waals surface area contributed by atoms with Gasteiger partial charge in [0.15, 0.2) is 0 Å². The average molecular weight is 315 g/mol. The van der Waals surface area contributed by atoms with Crippen LogP contribution >= 0.6 is 0 Å². The standard InChI is InChI=1S/C17H33NO4/c1-6-8-9-10-11-13-21-15(19)14(17(3,4)5)18-16(20)22-12-7-2/h14H,6-13H2,1-5H3,(H,18,20). The molecule has 0 aromatic heterocycles. The van der Waals surface area contributed by atoms with Gasteiger partial charge in [-0.2, -0.15) is 0 Å². The second-order valence-electron chi connectivity index (χ2n) is 6.66. The van der Waals surface area contributed by atoms with Crippen molar-refractivity contribution in [3.8, 4) is 0 Å². The number of alkyl carbamates (subject to hydrolysis) is 1. The van der Waals surface area contributed by atoms with Crippen LogP contribution in [0.4, 0.5) is 4.79 Å². The highest BCUT2D eigenvalue weighted by Gasteiger charge is 2.34. The monoisotopic (exact) mass is 315 g/mol. The van der Waals surface area contributed by atoms with Gasteiger partial charge in [0, 0.05) is 0 Å². The van der Waals surface area contributed by atoms with Gasteiger partial charge in [-0.05, 0) is 18.3 Å². The van der Waals surface area contributed by atoms with Crippen LogP contribution in [0.3, 0.4) is 0 Å². The first kappa shape index (κ1) is 20.7. The lowest BCUT2D eigenvalue weighted by Crippen LogP contribution is -2.50. The van der Waals surface area contributed by atoms with Crippen molar-refractivity contribution in [2.45, 2.75) is 79.2 Å². The van der Waals surface area contributed by atoms with Gasteiger partial charge in [-0.3, -0.25) is 0 Å². The SMILES string of the molecule is CCCCCCCOC(=O)C(NC(=O)OCCC)C(C)(C)C. The Morgan fingerprint density at radius 2 is 1.55 bits per heavy atom. The molecule has 0 aliphatic rings. The number of rotatable bonds is 10. The van der Waals surface area contributed by atoms with Crippen molar-refractivity contribution in [3.05, 3.63) is 0 Å². The second-order valence-corrected chi connectivity index (χ2v) is 6.66. The van der Waals surface area contributed by atoms with Crippen LogP contribution in [0.15, 0.2) is 0 Å².